The molecule has 0 aliphatic carbocycles. The van der Waals surface area contributed by atoms with E-state index in [-0.39, 0.29) is 24.4 Å². The van der Waals surface area contributed by atoms with Crippen molar-refractivity contribution in [2.75, 3.05) is 20.2 Å². The number of methoxy groups -OCH3 is 1. The number of nitrogens with one attached hydrogen (secondary N) is 1. The third-order valence-corrected chi connectivity index (χ3v) is 4.00. The molecule has 0 radical (unpaired) electrons. The highest BCUT2D eigenvalue weighted by molar-refractivity contribution is 7.09. The first kappa shape index (κ1) is 20.2. The Labute approximate surface area is 151 Å². The SMILES string of the molecule is COc1ccc(OC(C)CNC(=O)c2csc(CCN)n2)cc1.Cl. The number of carbonyl (C=O) groups is 1. The molecule has 132 valence electrons. The van der Waals surface area contributed by atoms with Gasteiger partial charge in [0.05, 0.1) is 18.7 Å². The summed E-state index contributed by atoms with van der Waals surface area (Å²) >= 11 is 1.45. The summed E-state index contributed by atoms with van der Waals surface area (Å²) in [5.41, 5.74) is 5.90. The number of nitrogens with zero attached hydrogens (tertiary/aromatic N) is 1. The van der Waals surface area contributed by atoms with Crippen molar-refractivity contribution in [1.29, 1.82) is 0 Å². The molecule has 1 aromatic heterocycles. The molecule has 1 atom stereocenters. The number of nitrogens with two attached hydrogens (primary N) is 1. The van der Waals surface area contributed by atoms with Crippen molar-refractivity contribution in [2.24, 2.45) is 5.73 Å². The van der Waals surface area contributed by atoms with E-state index in [0.29, 0.717) is 25.2 Å². The summed E-state index contributed by atoms with van der Waals surface area (Å²) in [6, 6.07) is 7.32. The lowest BCUT2D eigenvalue weighted by molar-refractivity contribution is 0.0927. The maximum Gasteiger partial charge on any atom is 0.270 e. The summed E-state index contributed by atoms with van der Waals surface area (Å²) in [7, 11) is 1.62. The number of amides is 1. The van der Waals surface area contributed by atoms with E-state index in [9.17, 15) is 4.79 Å². The molecule has 8 heteroatoms. The molecule has 0 aliphatic heterocycles. The van der Waals surface area contributed by atoms with Crippen LogP contribution in [0.15, 0.2) is 29.6 Å². The van der Waals surface area contributed by atoms with Gasteiger partial charge in [-0.25, -0.2) is 4.98 Å². The number of benzene rings is 1. The number of rotatable bonds is 8. The Morgan fingerprint density at radius 2 is 2.00 bits per heavy atom. The van der Waals surface area contributed by atoms with Crippen LogP contribution < -0.4 is 20.5 Å². The minimum Gasteiger partial charge on any atom is -0.497 e. The van der Waals surface area contributed by atoms with E-state index >= 15 is 0 Å². The fraction of sp³-hybridized carbons (Fsp3) is 0.375. The normalized spacial score (nSPS) is 11.3. The Morgan fingerprint density at radius 1 is 1.33 bits per heavy atom. The second-order valence-corrected chi connectivity index (χ2v) is 5.92. The average Bonchev–Trinajstić information content (AvgIpc) is 3.02. The van der Waals surface area contributed by atoms with Gasteiger partial charge in [-0.3, -0.25) is 4.79 Å². The Balaban J connectivity index is 0.00000288. The van der Waals surface area contributed by atoms with E-state index in [4.69, 9.17) is 15.2 Å². The molecule has 0 saturated carbocycles. The number of carbonyl (C=O) groups excluding carboxylic acids is 1. The number of aromatic nitrogens is 1. The highest BCUT2D eigenvalue weighted by Crippen LogP contribution is 2.18. The number of thiazole rings is 1. The van der Waals surface area contributed by atoms with Crippen molar-refractivity contribution >= 4 is 29.7 Å². The van der Waals surface area contributed by atoms with Crippen LogP contribution in [0.3, 0.4) is 0 Å². The molecule has 1 amide bonds. The molecular formula is C16H22ClN3O3S. The van der Waals surface area contributed by atoms with Crippen molar-refractivity contribution in [3.63, 3.8) is 0 Å². The van der Waals surface area contributed by atoms with Gasteiger partial charge in [0.1, 0.15) is 23.3 Å². The lowest BCUT2D eigenvalue weighted by Crippen LogP contribution is -2.33. The highest BCUT2D eigenvalue weighted by Gasteiger charge is 2.12. The second kappa shape index (κ2) is 10.1. The van der Waals surface area contributed by atoms with Crippen molar-refractivity contribution in [3.05, 3.63) is 40.3 Å². The van der Waals surface area contributed by atoms with Gasteiger partial charge in [0, 0.05) is 11.8 Å². The summed E-state index contributed by atoms with van der Waals surface area (Å²) in [4.78, 5) is 16.3. The summed E-state index contributed by atoms with van der Waals surface area (Å²) in [6.45, 7) is 2.82. The first-order valence-electron chi connectivity index (χ1n) is 7.35. The van der Waals surface area contributed by atoms with Gasteiger partial charge in [-0.15, -0.1) is 23.7 Å². The van der Waals surface area contributed by atoms with E-state index in [1.54, 1.807) is 12.5 Å². The van der Waals surface area contributed by atoms with Crippen LogP contribution in [0.25, 0.3) is 0 Å². The average molecular weight is 372 g/mol. The molecule has 1 aromatic carbocycles. The van der Waals surface area contributed by atoms with Crippen LogP contribution in [0.5, 0.6) is 11.5 Å². The molecule has 3 N–H and O–H groups in total. The third-order valence-electron chi connectivity index (χ3n) is 3.09. The minimum absolute atomic E-state index is 0. The van der Waals surface area contributed by atoms with Crippen LogP contribution in [0, 0.1) is 0 Å². The van der Waals surface area contributed by atoms with E-state index < -0.39 is 0 Å². The largest absolute Gasteiger partial charge is 0.497 e. The smallest absolute Gasteiger partial charge is 0.270 e. The lowest BCUT2D eigenvalue weighted by atomic mass is 10.3. The maximum absolute atomic E-state index is 12.0. The molecule has 24 heavy (non-hydrogen) atoms. The van der Waals surface area contributed by atoms with E-state index in [0.717, 1.165) is 16.5 Å². The molecule has 0 bridgehead atoms. The van der Waals surface area contributed by atoms with Crippen LogP contribution in [0.2, 0.25) is 0 Å². The van der Waals surface area contributed by atoms with Crippen LogP contribution in [0.1, 0.15) is 22.4 Å². The van der Waals surface area contributed by atoms with Crippen molar-refractivity contribution < 1.29 is 14.3 Å². The summed E-state index contributed by atoms with van der Waals surface area (Å²) in [5, 5.41) is 5.44. The maximum atomic E-state index is 12.0. The van der Waals surface area contributed by atoms with Crippen LogP contribution in [-0.4, -0.2) is 37.2 Å². The standard InChI is InChI=1S/C16H21N3O3S.ClH/c1-11(22-13-5-3-12(21-2)4-6-13)9-18-16(20)14-10-23-15(19-14)7-8-17;/h3-6,10-11H,7-9,17H2,1-2H3,(H,18,20);1H. The zero-order valence-electron chi connectivity index (χ0n) is 13.7. The number of hydrogen-bond acceptors (Lipinski definition) is 6. The topological polar surface area (TPSA) is 86.5 Å². The highest BCUT2D eigenvalue weighted by atomic mass is 35.5. The fourth-order valence-corrected chi connectivity index (χ4v) is 2.70. The van der Waals surface area contributed by atoms with Crippen molar-refractivity contribution in [2.45, 2.75) is 19.4 Å². The zero-order chi connectivity index (χ0) is 16.7. The molecule has 0 saturated heterocycles. The third kappa shape index (κ3) is 5.99. The monoisotopic (exact) mass is 371 g/mol. The van der Waals surface area contributed by atoms with Gasteiger partial charge in [-0.05, 0) is 37.7 Å². The Bertz CT molecular complexity index is 634. The fourth-order valence-electron chi connectivity index (χ4n) is 1.91. The predicted octanol–water partition coefficient (Wildman–Crippen LogP) is 2.27. The summed E-state index contributed by atoms with van der Waals surface area (Å²) in [6.07, 6.45) is 0.532. The molecule has 0 aliphatic rings. The van der Waals surface area contributed by atoms with E-state index in [2.05, 4.69) is 10.3 Å². The van der Waals surface area contributed by atoms with Gasteiger partial charge in [0.2, 0.25) is 0 Å². The van der Waals surface area contributed by atoms with Gasteiger partial charge < -0.3 is 20.5 Å². The Morgan fingerprint density at radius 3 is 2.62 bits per heavy atom. The molecule has 2 rings (SSSR count). The molecule has 0 spiro atoms. The van der Waals surface area contributed by atoms with Gasteiger partial charge in [-0.2, -0.15) is 0 Å². The van der Waals surface area contributed by atoms with Crippen molar-refractivity contribution in [3.8, 4) is 11.5 Å². The summed E-state index contributed by atoms with van der Waals surface area (Å²) in [5.74, 6) is 1.30. The number of hydrogen-bond donors (Lipinski definition) is 2. The van der Waals surface area contributed by atoms with Gasteiger partial charge in [0.25, 0.3) is 5.91 Å². The Kier molecular flexibility index (Phi) is 8.53. The van der Waals surface area contributed by atoms with E-state index in [1.807, 2.05) is 31.2 Å². The quantitative estimate of drug-likeness (QED) is 0.743. The number of halogens is 1. The molecule has 6 nitrogen and oxygen atoms in total. The minimum atomic E-state index is -0.199. The van der Waals surface area contributed by atoms with Crippen LogP contribution in [0.4, 0.5) is 0 Å². The molecule has 1 unspecified atom stereocenters. The predicted molar refractivity (Wildman–Crippen MR) is 97.5 cm³/mol. The van der Waals surface area contributed by atoms with Crippen LogP contribution >= 0.6 is 23.7 Å². The first-order valence-corrected chi connectivity index (χ1v) is 8.23. The second-order valence-electron chi connectivity index (χ2n) is 4.98. The van der Waals surface area contributed by atoms with Gasteiger partial charge >= 0.3 is 0 Å². The summed E-state index contributed by atoms with van der Waals surface area (Å²) < 4.78 is 10.8. The lowest BCUT2D eigenvalue weighted by Gasteiger charge is -2.15. The Hall–Kier alpha value is -1.83. The molecule has 1 heterocycles. The van der Waals surface area contributed by atoms with Crippen LogP contribution in [-0.2, 0) is 6.42 Å². The van der Waals surface area contributed by atoms with Gasteiger partial charge in [-0.1, -0.05) is 0 Å². The molecular weight excluding hydrogens is 350 g/mol. The van der Waals surface area contributed by atoms with Gasteiger partial charge in [0.15, 0.2) is 0 Å². The molecule has 0 fully saturated rings. The zero-order valence-corrected chi connectivity index (χ0v) is 15.3. The van der Waals surface area contributed by atoms with Crippen molar-refractivity contribution in [1.82, 2.24) is 10.3 Å². The number of ether oxygens (including phenoxy) is 2. The first-order chi connectivity index (χ1) is 11.1. The van der Waals surface area contributed by atoms with E-state index in [1.165, 1.54) is 11.3 Å². The molecule has 2 aromatic rings.